The maximum absolute atomic E-state index is 13.5. The van der Waals surface area contributed by atoms with E-state index in [4.69, 9.17) is 9.84 Å². The summed E-state index contributed by atoms with van der Waals surface area (Å²) in [6.07, 6.45) is 0. The summed E-state index contributed by atoms with van der Waals surface area (Å²) in [5.41, 5.74) is 0.0930. The van der Waals surface area contributed by atoms with E-state index in [9.17, 15) is 13.6 Å². The molecule has 1 heterocycles. The molecule has 0 atom stereocenters. The molecule has 19 heavy (non-hydrogen) atoms. The highest BCUT2D eigenvalue weighted by Crippen LogP contribution is 2.24. The lowest BCUT2D eigenvalue weighted by Crippen LogP contribution is -2.04. The second kappa shape index (κ2) is 5.31. The number of carboxylic acid groups (broad SMARTS) is 1. The number of hydrogen-bond donors (Lipinski definition) is 1. The highest BCUT2D eigenvalue weighted by Gasteiger charge is 2.16. The maximum Gasteiger partial charge on any atom is 0.335 e. The standard InChI is InChI=1S/C12H9F2NO3S/c1-6-15-8(5-19-6)4-18-11-9(13)2-7(12(16)17)3-10(11)14/h2-3,5H,4H2,1H3,(H,16,17). The predicted molar refractivity (Wildman–Crippen MR) is 64.5 cm³/mol. The fourth-order valence-corrected chi connectivity index (χ4v) is 2.04. The van der Waals surface area contributed by atoms with Crippen LogP contribution >= 0.6 is 11.3 Å². The van der Waals surface area contributed by atoms with E-state index >= 15 is 0 Å². The van der Waals surface area contributed by atoms with Gasteiger partial charge in [0.15, 0.2) is 17.4 Å². The summed E-state index contributed by atoms with van der Waals surface area (Å²) in [5, 5.41) is 11.2. The molecule has 0 aliphatic rings. The van der Waals surface area contributed by atoms with Crippen molar-refractivity contribution < 1.29 is 23.4 Å². The van der Waals surface area contributed by atoms with Crippen LogP contribution < -0.4 is 4.74 Å². The van der Waals surface area contributed by atoms with Crippen LogP contribution in [0.2, 0.25) is 0 Å². The SMILES string of the molecule is Cc1nc(COc2c(F)cc(C(=O)O)cc2F)cs1. The Balaban J connectivity index is 2.18. The Kier molecular flexibility index (Phi) is 3.75. The molecular formula is C12H9F2NO3S. The molecule has 0 unspecified atom stereocenters. The minimum absolute atomic E-state index is 0.0788. The van der Waals surface area contributed by atoms with Gasteiger partial charge in [0.1, 0.15) is 6.61 Å². The Morgan fingerprint density at radius 2 is 2.05 bits per heavy atom. The number of hydrogen-bond acceptors (Lipinski definition) is 4. The Labute approximate surface area is 111 Å². The lowest BCUT2D eigenvalue weighted by molar-refractivity contribution is 0.0695. The second-order valence-electron chi connectivity index (χ2n) is 3.72. The number of rotatable bonds is 4. The molecule has 2 aromatic rings. The second-order valence-corrected chi connectivity index (χ2v) is 4.78. The fourth-order valence-electron chi connectivity index (χ4n) is 1.44. The molecule has 1 N–H and O–H groups in total. The number of nitrogens with zero attached hydrogens (tertiary/aromatic N) is 1. The Morgan fingerprint density at radius 3 is 2.53 bits per heavy atom. The predicted octanol–water partition coefficient (Wildman–Crippen LogP) is 3.01. The van der Waals surface area contributed by atoms with E-state index in [1.54, 1.807) is 12.3 Å². The molecule has 0 radical (unpaired) electrons. The molecule has 4 nitrogen and oxygen atoms in total. The van der Waals surface area contributed by atoms with Crippen molar-refractivity contribution in [3.8, 4) is 5.75 Å². The first kappa shape index (κ1) is 13.4. The van der Waals surface area contributed by atoms with Crippen LogP contribution in [0.4, 0.5) is 8.78 Å². The molecule has 0 saturated carbocycles. The number of aromatic carboxylic acids is 1. The number of halogens is 2. The molecule has 0 fully saturated rings. The van der Waals surface area contributed by atoms with Gasteiger partial charge in [-0.05, 0) is 19.1 Å². The summed E-state index contributed by atoms with van der Waals surface area (Å²) < 4.78 is 32.1. The molecule has 0 aliphatic heterocycles. The van der Waals surface area contributed by atoms with Crippen molar-refractivity contribution in [1.82, 2.24) is 4.98 Å². The van der Waals surface area contributed by atoms with Gasteiger partial charge in [0, 0.05) is 5.38 Å². The van der Waals surface area contributed by atoms with E-state index in [1.165, 1.54) is 11.3 Å². The third kappa shape index (κ3) is 3.05. The normalized spacial score (nSPS) is 10.5. The molecule has 1 aromatic carbocycles. The summed E-state index contributed by atoms with van der Waals surface area (Å²) in [7, 11) is 0. The lowest BCUT2D eigenvalue weighted by atomic mass is 10.2. The van der Waals surface area contributed by atoms with Crippen molar-refractivity contribution in [2.45, 2.75) is 13.5 Å². The van der Waals surface area contributed by atoms with Crippen molar-refractivity contribution in [2.24, 2.45) is 0 Å². The lowest BCUT2D eigenvalue weighted by Gasteiger charge is -2.07. The van der Waals surface area contributed by atoms with Crippen molar-refractivity contribution in [3.05, 3.63) is 45.4 Å². The number of ether oxygens (including phenoxy) is 1. The van der Waals surface area contributed by atoms with Gasteiger partial charge in [0.25, 0.3) is 0 Å². The van der Waals surface area contributed by atoms with Gasteiger partial charge in [-0.15, -0.1) is 11.3 Å². The summed E-state index contributed by atoms with van der Waals surface area (Å²) in [6, 6.07) is 1.43. The number of aryl methyl sites for hydroxylation is 1. The molecule has 100 valence electrons. The Bertz CT molecular complexity index is 604. The van der Waals surface area contributed by atoms with Crippen LogP contribution in [0.1, 0.15) is 21.1 Å². The molecule has 0 spiro atoms. The Hall–Kier alpha value is -2.02. The number of carbonyl (C=O) groups is 1. The van der Waals surface area contributed by atoms with Crippen LogP contribution in [0.15, 0.2) is 17.5 Å². The quantitative estimate of drug-likeness (QED) is 0.938. The van der Waals surface area contributed by atoms with Gasteiger partial charge in [-0.3, -0.25) is 0 Å². The van der Waals surface area contributed by atoms with E-state index < -0.39 is 28.9 Å². The van der Waals surface area contributed by atoms with Gasteiger partial charge in [0.05, 0.1) is 16.3 Å². The van der Waals surface area contributed by atoms with Crippen LogP contribution in [0.25, 0.3) is 0 Å². The molecule has 2 rings (SSSR count). The first-order valence-electron chi connectivity index (χ1n) is 5.23. The van der Waals surface area contributed by atoms with Crippen molar-refractivity contribution in [3.63, 3.8) is 0 Å². The molecule has 7 heteroatoms. The molecule has 0 aliphatic carbocycles. The minimum atomic E-state index is -1.40. The minimum Gasteiger partial charge on any atom is -0.481 e. The smallest absolute Gasteiger partial charge is 0.335 e. The molecule has 1 aromatic heterocycles. The molecule has 0 bridgehead atoms. The first-order chi connectivity index (χ1) is 8.97. The van der Waals surface area contributed by atoms with E-state index in [0.717, 1.165) is 5.01 Å². The molecular weight excluding hydrogens is 276 g/mol. The van der Waals surface area contributed by atoms with Gasteiger partial charge in [-0.1, -0.05) is 0 Å². The van der Waals surface area contributed by atoms with Gasteiger partial charge >= 0.3 is 5.97 Å². The maximum atomic E-state index is 13.5. The summed E-state index contributed by atoms with van der Waals surface area (Å²) in [6.45, 7) is 1.72. The third-order valence-corrected chi connectivity index (χ3v) is 3.10. The van der Waals surface area contributed by atoms with Crippen LogP contribution in [0.5, 0.6) is 5.75 Å². The van der Waals surface area contributed by atoms with Crippen molar-refractivity contribution in [2.75, 3.05) is 0 Å². The third-order valence-electron chi connectivity index (χ3n) is 2.28. The zero-order chi connectivity index (χ0) is 14.0. The van der Waals surface area contributed by atoms with Crippen LogP contribution in [-0.2, 0) is 6.61 Å². The first-order valence-corrected chi connectivity index (χ1v) is 6.11. The fraction of sp³-hybridized carbons (Fsp3) is 0.167. The zero-order valence-electron chi connectivity index (χ0n) is 9.81. The highest BCUT2D eigenvalue weighted by molar-refractivity contribution is 7.09. The number of benzene rings is 1. The summed E-state index contributed by atoms with van der Waals surface area (Å²) >= 11 is 1.40. The summed E-state index contributed by atoms with van der Waals surface area (Å²) in [5.74, 6) is -4.11. The number of carboxylic acids is 1. The van der Waals surface area contributed by atoms with Crippen molar-refractivity contribution >= 4 is 17.3 Å². The van der Waals surface area contributed by atoms with Gasteiger partial charge in [0.2, 0.25) is 0 Å². The largest absolute Gasteiger partial charge is 0.481 e. The van der Waals surface area contributed by atoms with Crippen LogP contribution in [-0.4, -0.2) is 16.1 Å². The molecule has 0 amide bonds. The van der Waals surface area contributed by atoms with E-state index in [2.05, 4.69) is 4.98 Å². The van der Waals surface area contributed by atoms with Gasteiger partial charge < -0.3 is 9.84 Å². The number of thiazole rings is 1. The van der Waals surface area contributed by atoms with E-state index in [0.29, 0.717) is 17.8 Å². The van der Waals surface area contributed by atoms with Gasteiger partial charge in [-0.2, -0.15) is 0 Å². The van der Waals surface area contributed by atoms with E-state index in [1.807, 2.05) is 0 Å². The topological polar surface area (TPSA) is 59.4 Å². The monoisotopic (exact) mass is 285 g/mol. The van der Waals surface area contributed by atoms with E-state index in [-0.39, 0.29) is 6.61 Å². The Morgan fingerprint density at radius 1 is 1.42 bits per heavy atom. The average Bonchev–Trinajstić information content (AvgIpc) is 2.73. The average molecular weight is 285 g/mol. The van der Waals surface area contributed by atoms with Crippen LogP contribution in [0, 0.1) is 18.6 Å². The number of aromatic nitrogens is 1. The zero-order valence-corrected chi connectivity index (χ0v) is 10.6. The van der Waals surface area contributed by atoms with Crippen LogP contribution in [0.3, 0.4) is 0 Å². The van der Waals surface area contributed by atoms with Crippen molar-refractivity contribution in [1.29, 1.82) is 0 Å². The highest BCUT2D eigenvalue weighted by atomic mass is 32.1. The summed E-state index contributed by atoms with van der Waals surface area (Å²) in [4.78, 5) is 14.7. The van der Waals surface area contributed by atoms with Gasteiger partial charge in [-0.25, -0.2) is 18.6 Å². The molecule has 0 saturated heterocycles.